The zero-order chi connectivity index (χ0) is 37.7. The Hall–Kier alpha value is -2.21. The molecular weight excluding hydrogens is 641 g/mol. The lowest BCUT2D eigenvalue weighted by Gasteiger charge is -2.20. The standard InChI is InChI=1S/C47H82N2O3/c1-5-9-12-14-16-18-20-22-24-26-28-30-37-51-41-45(52-38-31-29-27-25-23-21-19-17-15-13-10-6-2)40-49-47(50)46(48)39-42-33-35-44(36-34-42)43(8-4)32-11-7-3/h7-8,11,32-36,45-46H,3,5-6,9-10,12-31,37-41,48H2,1-2,4H3,(H,49,50)/b32-11-,43-8+/t45?,46-/m0/s1. The third kappa shape index (κ3) is 27.4. The number of hydrogen-bond acceptors (Lipinski definition) is 4. The zero-order valence-electron chi connectivity index (χ0n) is 34.3. The van der Waals surface area contributed by atoms with Gasteiger partial charge in [-0.15, -0.1) is 0 Å². The molecule has 298 valence electrons. The van der Waals surface area contributed by atoms with E-state index in [4.69, 9.17) is 15.2 Å². The molecule has 52 heavy (non-hydrogen) atoms. The number of hydrogen-bond donors (Lipinski definition) is 2. The Kier molecular flexibility index (Phi) is 32.9. The van der Waals surface area contributed by atoms with Gasteiger partial charge < -0.3 is 20.5 Å². The highest BCUT2D eigenvalue weighted by molar-refractivity contribution is 5.82. The molecular formula is C47H82N2O3. The van der Waals surface area contributed by atoms with Gasteiger partial charge in [0.2, 0.25) is 5.91 Å². The third-order valence-electron chi connectivity index (χ3n) is 10.1. The summed E-state index contributed by atoms with van der Waals surface area (Å²) in [5.74, 6) is -0.146. The molecule has 0 fully saturated rings. The van der Waals surface area contributed by atoms with Gasteiger partial charge in [0.15, 0.2) is 0 Å². The van der Waals surface area contributed by atoms with Gasteiger partial charge in [0, 0.05) is 19.8 Å². The van der Waals surface area contributed by atoms with Gasteiger partial charge in [-0.3, -0.25) is 4.79 Å². The Bertz CT molecular complexity index is 1020. The molecule has 1 aromatic rings. The van der Waals surface area contributed by atoms with Gasteiger partial charge in [-0.2, -0.15) is 0 Å². The number of allylic oxidation sites excluding steroid dienone is 5. The van der Waals surface area contributed by atoms with Crippen LogP contribution in [0.5, 0.6) is 0 Å². The first-order chi connectivity index (χ1) is 25.5. The predicted octanol–water partition coefficient (Wildman–Crippen LogP) is 12.6. The monoisotopic (exact) mass is 723 g/mol. The van der Waals surface area contributed by atoms with Crippen LogP contribution in [0.2, 0.25) is 0 Å². The van der Waals surface area contributed by atoms with E-state index >= 15 is 0 Å². The van der Waals surface area contributed by atoms with Crippen LogP contribution in [0.25, 0.3) is 5.57 Å². The minimum absolute atomic E-state index is 0.146. The van der Waals surface area contributed by atoms with E-state index in [0.717, 1.165) is 36.1 Å². The van der Waals surface area contributed by atoms with Crippen LogP contribution in [0.1, 0.15) is 186 Å². The van der Waals surface area contributed by atoms with Crippen LogP contribution in [0.4, 0.5) is 0 Å². The van der Waals surface area contributed by atoms with Gasteiger partial charge in [0.05, 0.1) is 18.8 Å². The average molecular weight is 723 g/mol. The molecule has 0 saturated carbocycles. The molecule has 3 N–H and O–H groups in total. The molecule has 1 rings (SSSR count). The second-order valence-corrected chi connectivity index (χ2v) is 14.9. The van der Waals surface area contributed by atoms with Gasteiger partial charge in [-0.05, 0) is 42.9 Å². The minimum Gasteiger partial charge on any atom is -0.379 e. The summed E-state index contributed by atoms with van der Waals surface area (Å²) in [5, 5.41) is 3.06. The fourth-order valence-corrected chi connectivity index (χ4v) is 6.68. The third-order valence-corrected chi connectivity index (χ3v) is 10.1. The Labute approximate surface area is 322 Å². The number of amides is 1. The summed E-state index contributed by atoms with van der Waals surface area (Å²) in [6, 6.07) is 7.65. The van der Waals surface area contributed by atoms with Gasteiger partial charge >= 0.3 is 0 Å². The number of rotatable bonds is 37. The second kappa shape index (κ2) is 35.8. The Morgan fingerprint density at radius 3 is 1.63 bits per heavy atom. The summed E-state index contributed by atoms with van der Waals surface area (Å²) in [6.07, 6.45) is 40.0. The van der Waals surface area contributed by atoms with Crippen molar-refractivity contribution in [2.45, 2.75) is 193 Å². The maximum Gasteiger partial charge on any atom is 0.237 e. The molecule has 0 radical (unpaired) electrons. The van der Waals surface area contributed by atoms with Gasteiger partial charge in [0.25, 0.3) is 0 Å². The molecule has 2 atom stereocenters. The molecule has 0 aliphatic carbocycles. The highest BCUT2D eigenvalue weighted by Gasteiger charge is 2.17. The van der Waals surface area contributed by atoms with Crippen molar-refractivity contribution >= 4 is 11.5 Å². The van der Waals surface area contributed by atoms with Crippen LogP contribution in [-0.4, -0.2) is 44.4 Å². The fourth-order valence-electron chi connectivity index (χ4n) is 6.68. The lowest BCUT2D eigenvalue weighted by Crippen LogP contribution is -2.45. The number of carbonyl (C=O) groups is 1. The summed E-state index contributed by atoms with van der Waals surface area (Å²) in [5.41, 5.74) is 9.66. The van der Waals surface area contributed by atoms with Crippen LogP contribution in [-0.2, 0) is 20.7 Å². The van der Waals surface area contributed by atoms with Crippen molar-refractivity contribution in [3.05, 3.63) is 66.3 Å². The van der Waals surface area contributed by atoms with Crippen molar-refractivity contribution in [1.82, 2.24) is 5.32 Å². The van der Waals surface area contributed by atoms with Crippen molar-refractivity contribution in [2.24, 2.45) is 5.73 Å². The van der Waals surface area contributed by atoms with Gasteiger partial charge in [-0.25, -0.2) is 0 Å². The van der Waals surface area contributed by atoms with E-state index in [1.165, 1.54) is 141 Å². The minimum atomic E-state index is -0.619. The largest absolute Gasteiger partial charge is 0.379 e. The Morgan fingerprint density at radius 2 is 1.17 bits per heavy atom. The summed E-state index contributed by atoms with van der Waals surface area (Å²) in [7, 11) is 0. The van der Waals surface area contributed by atoms with E-state index in [2.05, 4.69) is 56.1 Å². The number of unbranched alkanes of at least 4 members (excludes halogenated alkanes) is 22. The average Bonchev–Trinajstić information content (AvgIpc) is 3.16. The topological polar surface area (TPSA) is 73.6 Å². The molecule has 0 aliphatic heterocycles. The second-order valence-electron chi connectivity index (χ2n) is 14.9. The van der Waals surface area contributed by atoms with Crippen molar-refractivity contribution in [3.8, 4) is 0 Å². The molecule has 1 amide bonds. The SMILES string of the molecule is C=C/C=C\C(=C/C)c1ccc(C[C@H](N)C(=O)NCC(COCCCCCCCCCCCCCC)OCCCCCCCCCCCCCC)cc1. The van der Waals surface area contributed by atoms with Crippen molar-refractivity contribution in [1.29, 1.82) is 0 Å². The van der Waals surface area contributed by atoms with Crippen molar-refractivity contribution in [3.63, 3.8) is 0 Å². The van der Waals surface area contributed by atoms with Crippen LogP contribution >= 0.6 is 0 Å². The maximum absolute atomic E-state index is 13.0. The lowest BCUT2D eigenvalue weighted by atomic mass is 10.00. The summed E-state index contributed by atoms with van der Waals surface area (Å²) in [6.45, 7) is 12.7. The number of ether oxygens (including phenoxy) is 2. The normalized spacial score (nSPS) is 13.1. The predicted molar refractivity (Wildman–Crippen MR) is 227 cm³/mol. The first kappa shape index (κ1) is 47.8. The number of nitrogens with two attached hydrogens (primary N) is 1. The highest BCUT2D eigenvalue weighted by Crippen LogP contribution is 2.18. The van der Waals surface area contributed by atoms with E-state index in [0.29, 0.717) is 26.2 Å². The van der Waals surface area contributed by atoms with E-state index in [1.807, 2.05) is 19.1 Å². The number of nitrogens with one attached hydrogen (secondary N) is 1. The molecule has 5 heteroatoms. The molecule has 1 unspecified atom stereocenters. The summed E-state index contributed by atoms with van der Waals surface area (Å²) >= 11 is 0. The Balaban J connectivity index is 2.40. The smallest absolute Gasteiger partial charge is 0.237 e. The van der Waals surface area contributed by atoms with Gasteiger partial charge in [-0.1, -0.05) is 210 Å². The molecule has 0 aromatic heterocycles. The quantitative estimate of drug-likeness (QED) is 0.0530. The molecule has 0 spiro atoms. The molecule has 1 aromatic carbocycles. The summed E-state index contributed by atoms with van der Waals surface area (Å²) in [4.78, 5) is 13.0. The molecule has 0 aliphatic rings. The molecule has 0 heterocycles. The van der Waals surface area contributed by atoms with Crippen molar-refractivity contribution in [2.75, 3.05) is 26.4 Å². The maximum atomic E-state index is 13.0. The lowest BCUT2D eigenvalue weighted by molar-refractivity contribution is -0.123. The highest BCUT2D eigenvalue weighted by atomic mass is 16.5. The van der Waals surface area contributed by atoms with Crippen LogP contribution < -0.4 is 11.1 Å². The number of carbonyl (C=O) groups excluding carboxylic acids is 1. The number of benzene rings is 1. The summed E-state index contributed by atoms with van der Waals surface area (Å²) < 4.78 is 12.4. The zero-order valence-corrected chi connectivity index (χ0v) is 34.3. The molecule has 5 nitrogen and oxygen atoms in total. The molecule has 0 saturated heterocycles. The first-order valence-electron chi connectivity index (χ1n) is 21.8. The van der Waals surface area contributed by atoms with E-state index in [1.54, 1.807) is 6.08 Å². The van der Waals surface area contributed by atoms with Gasteiger partial charge in [0.1, 0.15) is 0 Å². The van der Waals surface area contributed by atoms with E-state index in [9.17, 15) is 4.79 Å². The first-order valence-corrected chi connectivity index (χ1v) is 21.8. The fraction of sp³-hybridized carbons (Fsp3) is 0.723. The van der Waals surface area contributed by atoms with Crippen molar-refractivity contribution < 1.29 is 14.3 Å². The van der Waals surface area contributed by atoms with E-state index < -0.39 is 6.04 Å². The van der Waals surface area contributed by atoms with Crippen LogP contribution in [0, 0.1) is 0 Å². The van der Waals surface area contributed by atoms with Crippen LogP contribution in [0.3, 0.4) is 0 Å². The Morgan fingerprint density at radius 1 is 0.712 bits per heavy atom. The van der Waals surface area contributed by atoms with Crippen LogP contribution in [0.15, 0.2) is 55.1 Å². The molecule has 0 bridgehead atoms. The van der Waals surface area contributed by atoms with E-state index in [-0.39, 0.29) is 12.0 Å².